The van der Waals surface area contributed by atoms with Crippen molar-refractivity contribution in [2.24, 2.45) is 0 Å². The lowest BCUT2D eigenvalue weighted by Crippen LogP contribution is -2.30. The first kappa shape index (κ1) is 77.4. The van der Waals surface area contributed by atoms with Gasteiger partial charge in [-0.05, 0) is 77.0 Å². The van der Waals surface area contributed by atoms with Gasteiger partial charge in [-0.25, -0.2) is 0 Å². The molecule has 0 aromatic heterocycles. The standard InChI is InChI=1S/C74H136O6/c1-4-7-10-13-16-19-22-25-27-29-31-33-35-36-37-39-40-42-44-46-49-52-55-58-61-64-67-73(76)79-70-71(69-78-72(75)66-63-60-57-54-51-48-24-21-18-15-12-9-6-3)80-74(77)68-65-62-59-56-53-50-47-45-43-41-38-34-32-30-28-26-23-20-17-14-11-8-5-2/h12,15,21,23-24,26,30,32,71H,4-11,13-14,16-20,22,25,27-29,31,33-70H2,1-3H3/b15-12-,24-21-,26-23-,32-30-. The number of unbranched alkanes of at least 4 members (excludes halogenated alkanes) is 47. The van der Waals surface area contributed by atoms with Gasteiger partial charge in [0, 0.05) is 19.3 Å². The molecule has 80 heavy (non-hydrogen) atoms. The fourth-order valence-electron chi connectivity index (χ4n) is 10.7. The second kappa shape index (κ2) is 68.9. The topological polar surface area (TPSA) is 78.9 Å². The van der Waals surface area contributed by atoms with Crippen molar-refractivity contribution in [2.45, 2.75) is 393 Å². The quantitative estimate of drug-likeness (QED) is 0.0261. The van der Waals surface area contributed by atoms with E-state index in [1.807, 2.05) is 0 Å². The first-order valence-corrected chi connectivity index (χ1v) is 35.6. The molecule has 0 heterocycles. The summed E-state index contributed by atoms with van der Waals surface area (Å²) in [5.74, 6) is -0.866. The number of hydrogen-bond acceptors (Lipinski definition) is 6. The Bertz CT molecular complexity index is 1380. The van der Waals surface area contributed by atoms with E-state index in [4.69, 9.17) is 14.2 Å². The number of esters is 3. The van der Waals surface area contributed by atoms with Crippen molar-refractivity contribution in [3.05, 3.63) is 48.6 Å². The van der Waals surface area contributed by atoms with Gasteiger partial charge in [0.2, 0.25) is 0 Å². The summed E-state index contributed by atoms with van der Waals surface area (Å²) in [7, 11) is 0. The summed E-state index contributed by atoms with van der Waals surface area (Å²) < 4.78 is 17.0. The van der Waals surface area contributed by atoms with Gasteiger partial charge in [0.25, 0.3) is 0 Å². The van der Waals surface area contributed by atoms with Gasteiger partial charge in [0.05, 0.1) is 0 Å². The molecule has 468 valence electrons. The van der Waals surface area contributed by atoms with E-state index >= 15 is 0 Å². The molecule has 1 unspecified atom stereocenters. The van der Waals surface area contributed by atoms with Gasteiger partial charge in [-0.2, -0.15) is 0 Å². The van der Waals surface area contributed by atoms with Gasteiger partial charge >= 0.3 is 17.9 Å². The maximum atomic E-state index is 13.0. The lowest BCUT2D eigenvalue weighted by molar-refractivity contribution is -0.167. The molecule has 0 bridgehead atoms. The number of carbonyl (C=O) groups is 3. The molecule has 0 aromatic carbocycles. The fourth-order valence-corrected chi connectivity index (χ4v) is 10.7. The van der Waals surface area contributed by atoms with Crippen LogP contribution in [0.2, 0.25) is 0 Å². The summed E-state index contributed by atoms with van der Waals surface area (Å²) in [5.41, 5.74) is 0. The van der Waals surface area contributed by atoms with Gasteiger partial charge in [-0.15, -0.1) is 0 Å². The normalized spacial score (nSPS) is 12.3. The van der Waals surface area contributed by atoms with Crippen LogP contribution in [-0.4, -0.2) is 37.2 Å². The predicted molar refractivity (Wildman–Crippen MR) is 349 cm³/mol. The molecule has 0 aliphatic carbocycles. The molecular weight excluding hydrogens is 985 g/mol. The maximum absolute atomic E-state index is 13.0. The minimum atomic E-state index is -0.780. The van der Waals surface area contributed by atoms with Crippen LogP contribution < -0.4 is 0 Å². The highest BCUT2D eigenvalue weighted by atomic mass is 16.6. The number of carbonyl (C=O) groups excluding carboxylic acids is 3. The fraction of sp³-hybridized carbons (Fsp3) is 0.851. The van der Waals surface area contributed by atoms with E-state index in [0.717, 1.165) is 89.9 Å². The average molecular weight is 1120 g/mol. The number of rotatable bonds is 66. The number of ether oxygens (including phenoxy) is 3. The van der Waals surface area contributed by atoms with E-state index in [1.54, 1.807) is 0 Å². The number of allylic oxidation sites excluding steroid dienone is 8. The second-order valence-electron chi connectivity index (χ2n) is 24.1. The zero-order valence-corrected chi connectivity index (χ0v) is 53.9. The predicted octanol–water partition coefficient (Wildman–Crippen LogP) is 24.5. The van der Waals surface area contributed by atoms with Crippen LogP contribution in [0.15, 0.2) is 48.6 Å². The molecular formula is C74H136O6. The maximum Gasteiger partial charge on any atom is 0.306 e. The monoisotopic (exact) mass is 1120 g/mol. The Balaban J connectivity index is 4.23. The molecule has 0 rings (SSSR count). The van der Waals surface area contributed by atoms with Crippen molar-refractivity contribution in [3.8, 4) is 0 Å². The first-order chi connectivity index (χ1) is 39.5. The SMILES string of the molecule is CCC/C=C\C/C=C\CCCCCCCC(=O)OCC(COC(=O)CCCCCCCCCCCCCCCCCCCCCCCCCCCC)OC(=O)CCCCCCCCCCCCC/C=C\C/C=C\CCCCCCC. The van der Waals surface area contributed by atoms with Crippen LogP contribution in [0.1, 0.15) is 387 Å². The van der Waals surface area contributed by atoms with E-state index in [-0.39, 0.29) is 31.1 Å². The minimum Gasteiger partial charge on any atom is -0.462 e. The van der Waals surface area contributed by atoms with Crippen molar-refractivity contribution in [2.75, 3.05) is 13.2 Å². The van der Waals surface area contributed by atoms with Crippen LogP contribution in [0.4, 0.5) is 0 Å². The molecule has 0 aliphatic rings. The molecule has 6 nitrogen and oxygen atoms in total. The molecule has 0 aromatic rings. The largest absolute Gasteiger partial charge is 0.462 e. The average Bonchev–Trinajstić information content (AvgIpc) is 3.46. The van der Waals surface area contributed by atoms with E-state index in [9.17, 15) is 14.4 Å². The molecule has 6 heteroatoms. The van der Waals surface area contributed by atoms with Gasteiger partial charge in [0.1, 0.15) is 13.2 Å². The highest BCUT2D eigenvalue weighted by molar-refractivity contribution is 5.71. The Kier molecular flexibility index (Phi) is 66.6. The van der Waals surface area contributed by atoms with Crippen LogP contribution in [-0.2, 0) is 28.6 Å². The van der Waals surface area contributed by atoms with Gasteiger partial charge in [-0.3, -0.25) is 14.4 Å². The van der Waals surface area contributed by atoms with Gasteiger partial charge in [-0.1, -0.05) is 339 Å². The molecule has 0 spiro atoms. The summed E-state index contributed by atoms with van der Waals surface area (Å²) in [5, 5.41) is 0. The summed E-state index contributed by atoms with van der Waals surface area (Å²) in [6, 6.07) is 0. The molecule has 0 fully saturated rings. The zero-order chi connectivity index (χ0) is 57.8. The van der Waals surface area contributed by atoms with E-state index in [2.05, 4.69) is 69.4 Å². The van der Waals surface area contributed by atoms with Crippen molar-refractivity contribution in [1.29, 1.82) is 0 Å². The highest BCUT2D eigenvalue weighted by Gasteiger charge is 2.19. The molecule has 0 radical (unpaired) electrons. The van der Waals surface area contributed by atoms with Gasteiger partial charge in [0.15, 0.2) is 6.10 Å². The Hall–Kier alpha value is -2.63. The summed E-state index contributed by atoms with van der Waals surface area (Å²) >= 11 is 0. The number of hydrogen-bond donors (Lipinski definition) is 0. The lowest BCUT2D eigenvalue weighted by Gasteiger charge is -2.18. The Morgan fingerprint density at radius 3 is 0.738 bits per heavy atom. The van der Waals surface area contributed by atoms with Crippen LogP contribution in [0, 0.1) is 0 Å². The first-order valence-electron chi connectivity index (χ1n) is 35.6. The van der Waals surface area contributed by atoms with Crippen LogP contribution >= 0.6 is 0 Å². The molecule has 0 aliphatic heterocycles. The summed E-state index contributed by atoms with van der Waals surface area (Å²) in [6.07, 6.45) is 87.2. The Labute approximate surface area is 498 Å². The van der Waals surface area contributed by atoms with Crippen LogP contribution in [0.3, 0.4) is 0 Å². The Morgan fingerprint density at radius 1 is 0.250 bits per heavy atom. The van der Waals surface area contributed by atoms with Crippen molar-refractivity contribution >= 4 is 17.9 Å². The van der Waals surface area contributed by atoms with E-state index in [1.165, 1.54) is 257 Å². The highest BCUT2D eigenvalue weighted by Crippen LogP contribution is 2.18. The third-order valence-electron chi connectivity index (χ3n) is 16.0. The molecule has 0 saturated carbocycles. The summed E-state index contributed by atoms with van der Waals surface area (Å²) in [4.78, 5) is 38.4. The smallest absolute Gasteiger partial charge is 0.306 e. The third-order valence-corrected chi connectivity index (χ3v) is 16.0. The second-order valence-corrected chi connectivity index (χ2v) is 24.1. The molecule has 0 saturated heterocycles. The van der Waals surface area contributed by atoms with Gasteiger partial charge < -0.3 is 14.2 Å². The molecule has 1 atom stereocenters. The lowest BCUT2D eigenvalue weighted by atomic mass is 10.0. The molecule has 0 amide bonds. The van der Waals surface area contributed by atoms with Crippen LogP contribution in [0.25, 0.3) is 0 Å². The van der Waals surface area contributed by atoms with Crippen LogP contribution in [0.5, 0.6) is 0 Å². The Morgan fingerprint density at radius 2 is 0.475 bits per heavy atom. The van der Waals surface area contributed by atoms with Crippen molar-refractivity contribution in [1.82, 2.24) is 0 Å². The third kappa shape index (κ3) is 66.2. The van der Waals surface area contributed by atoms with Crippen molar-refractivity contribution in [3.63, 3.8) is 0 Å². The summed E-state index contributed by atoms with van der Waals surface area (Å²) in [6.45, 7) is 6.62. The zero-order valence-electron chi connectivity index (χ0n) is 53.9. The van der Waals surface area contributed by atoms with Crippen molar-refractivity contribution < 1.29 is 28.6 Å². The van der Waals surface area contributed by atoms with E-state index in [0.29, 0.717) is 19.3 Å². The minimum absolute atomic E-state index is 0.0743. The van der Waals surface area contributed by atoms with E-state index < -0.39 is 6.10 Å². The molecule has 0 N–H and O–H groups in total.